The molecule has 98 valence electrons. The maximum atomic E-state index is 6.48. The van der Waals surface area contributed by atoms with Crippen LogP contribution in [0.3, 0.4) is 0 Å². The summed E-state index contributed by atoms with van der Waals surface area (Å²) in [4.78, 5) is 2.59. The Morgan fingerprint density at radius 2 is 1.89 bits per heavy atom. The van der Waals surface area contributed by atoms with Gasteiger partial charge in [0, 0.05) is 18.6 Å². The van der Waals surface area contributed by atoms with Crippen LogP contribution in [0.2, 0.25) is 0 Å². The van der Waals surface area contributed by atoms with Crippen molar-refractivity contribution in [2.45, 2.75) is 43.6 Å². The van der Waals surface area contributed by atoms with Crippen molar-refractivity contribution in [2.24, 2.45) is 5.73 Å². The van der Waals surface area contributed by atoms with E-state index in [-0.39, 0.29) is 5.54 Å². The van der Waals surface area contributed by atoms with E-state index in [2.05, 4.69) is 35.2 Å². The van der Waals surface area contributed by atoms with Crippen LogP contribution in [0.4, 0.5) is 0 Å². The molecular formula is C16H24N2. The standard InChI is InChI=1S/C16H24N2/c17-16(9-4-5-10-16)13-18-11-8-15(12-18)14-6-2-1-3-7-14/h1-3,6-7,15H,4-5,8-13,17H2. The van der Waals surface area contributed by atoms with Gasteiger partial charge < -0.3 is 10.6 Å². The van der Waals surface area contributed by atoms with Gasteiger partial charge in [0.05, 0.1) is 0 Å². The first-order valence-corrected chi connectivity index (χ1v) is 7.31. The minimum atomic E-state index is 0.117. The minimum Gasteiger partial charge on any atom is -0.324 e. The van der Waals surface area contributed by atoms with Crippen LogP contribution in [-0.4, -0.2) is 30.1 Å². The van der Waals surface area contributed by atoms with Crippen LogP contribution in [0.5, 0.6) is 0 Å². The SMILES string of the molecule is NC1(CN2CCC(c3ccccc3)C2)CCCC1. The normalized spacial score (nSPS) is 27.7. The molecule has 1 aromatic rings. The molecule has 1 heterocycles. The summed E-state index contributed by atoms with van der Waals surface area (Å²) >= 11 is 0. The quantitative estimate of drug-likeness (QED) is 0.886. The van der Waals surface area contributed by atoms with Crippen LogP contribution in [0.25, 0.3) is 0 Å². The third-order valence-corrected chi connectivity index (χ3v) is 4.68. The molecule has 1 aromatic carbocycles. The van der Waals surface area contributed by atoms with Gasteiger partial charge in [0.2, 0.25) is 0 Å². The number of rotatable bonds is 3. The molecular weight excluding hydrogens is 220 g/mol. The second-order valence-electron chi connectivity index (χ2n) is 6.20. The highest BCUT2D eigenvalue weighted by molar-refractivity contribution is 5.21. The van der Waals surface area contributed by atoms with Crippen LogP contribution in [0.15, 0.2) is 30.3 Å². The molecule has 1 saturated heterocycles. The van der Waals surface area contributed by atoms with E-state index in [9.17, 15) is 0 Å². The van der Waals surface area contributed by atoms with Gasteiger partial charge >= 0.3 is 0 Å². The Labute approximate surface area is 110 Å². The lowest BCUT2D eigenvalue weighted by atomic mass is 9.97. The predicted molar refractivity (Wildman–Crippen MR) is 75.6 cm³/mol. The lowest BCUT2D eigenvalue weighted by molar-refractivity contribution is 0.246. The third kappa shape index (κ3) is 2.60. The lowest BCUT2D eigenvalue weighted by Crippen LogP contribution is -2.47. The molecule has 0 spiro atoms. The first-order chi connectivity index (χ1) is 8.75. The van der Waals surface area contributed by atoms with E-state index >= 15 is 0 Å². The summed E-state index contributed by atoms with van der Waals surface area (Å²) in [7, 11) is 0. The topological polar surface area (TPSA) is 29.3 Å². The molecule has 1 atom stereocenters. The molecule has 3 rings (SSSR count). The lowest BCUT2D eigenvalue weighted by Gasteiger charge is -2.29. The second kappa shape index (κ2) is 5.02. The highest BCUT2D eigenvalue weighted by Crippen LogP contribution is 2.32. The molecule has 1 saturated carbocycles. The van der Waals surface area contributed by atoms with Crippen molar-refractivity contribution >= 4 is 0 Å². The van der Waals surface area contributed by atoms with Crippen molar-refractivity contribution in [1.82, 2.24) is 4.90 Å². The van der Waals surface area contributed by atoms with Crippen molar-refractivity contribution in [3.05, 3.63) is 35.9 Å². The van der Waals surface area contributed by atoms with Crippen LogP contribution >= 0.6 is 0 Å². The molecule has 0 amide bonds. The molecule has 1 aliphatic heterocycles. The zero-order valence-corrected chi connectivity index (χ0v) is 11.1. The van der Waals surface area contributed by atoms with Gasteiger partial charge in [-0.25, -0.2) is 0 Å². The molecule has 0 radical (unpaired) electrons. The largest absolute Gasteiger partial charge is 0.324 e. The highest BCUT2D eigenvalue weighted by Gasteiger charge is 2.34. The first kappa shape index (κ1) is 12.2. The van der Waals surface area contributed by atoms with E-state index in [1.54, 1.807) is 0 Å². The van der Waals surface area contributed by atoms with Gasteiger partial charge in [0.15, 0.2) is 0 Å². The molecule has 2 aliphatic rings. The van der Waals surface area contributed by atoms with Crippen LogP contribution in [-0.2, 0) is 0 Å². The Kier molecular flexibility index (Phi) is 3.40. The number of hydrogen-bond donors (Lipinski definition) is 1. The summed E-state index contributed by atoms with van der Waals surface area (Å²) in [5.41, 5.74) is 8.10. The predicted octanol–water partition coefficient (Wildman–Crippen LogP) is 2.75. The molecule has 1 aliphatic carbocycles. The summed E-state index contributed by atoms with van der Waals surface area (Å²) in [5.74, 6) is 0.719. The second-order valence-corrected chi connectivity index (χ2v) is 6.20. The number of hydrogen-bond acceptors (Lipinski definition) is 2. The Morgan fingerprint density at radius 1 is 1.17 bits per heavy atom. The summed E-state index contributed by atoms with van der Waals surface area (Å²) < 4.78 is 0. The highest BCUT2D eigenvalue weighted by atomic mass is 15.2. The Morgan fingerprint density at radius 3 is 2.61 bits per heavy atom. The third-order valence-electron chi connectivity index (χ3n) is 4.68. The smallest absolute Gasteiger partial charge is 0.0283 e. The Hall–Kier alpha value is -0.860. The van der Waals surface area contributed by atoms with Crippen LogP contribution < -0.4 is 5.73 Å². The van der Waals surface area contributed by atoms with Crippen molar-refractivity contribution in [2.75, 3.05) is 19.6 Å². The number of benzene rings is 1. The van der Waals surface area contributed by atoms with Gasteiger partial charge in [-0.3, -0.25) is 0 Å². The summed E-state index contributed by atoms with van der Waals surface area (Å²) in [5, 5.41) is 0. The van der Waals surface area contributed by atoms with Crippen molar-refractivity contribution in [3.63, 3.8) is 0 Å². The maximum Gasteiger partial charge on any atom is 0.0283 e. The van der Waals surface area contributed by atoms with E-state index in [4.69, 9.17) is 5.73 Å². The van der Waals surface area contributed by atoms with E-state index in [1.807, 2.05) is 0 Å². The van der Waals surface area contributed by atoms with E-state index in [0.717, 1.165) is 12.5 Å². The molecule has 0 bridgehead atoms. The molecule has 1 unspecified atom stereocenters. The Bertz CT molecular complexity index is 381. The van der Waals surface area contributed by atoms with E-state index in [1.165, 1.54) is 50.8 Å². The monoisotopic (exact) mass is 244 g/mol. The maximum absolute atomic E-state index is 6.48. The minimum absolute atomic E-state index is 0.117. The van der Waals surface area contributed by atoms with Gasteiger partial charge in [-0.05, 0) is 37.3 Å². The molecule has 2 N–H and O–H groups in total. The number of nitrogens with two attached hydrogens (primary N) is 1. The number of nitrogens with zero attached hydrogens (tertiary/aromatic N) is 1. The first-order valence-electron chi connectivity index (χ1n) is 7.31. The zero-order valence-electron chi connectivity index (χ0n) is 11.1. The van der Waals surface area contributed by atoms with Crippen molar-refractivity contribution < 1.29 is 0 Å². The van der Waals surface area contributed by atoms with Crippen molar-refractivity contribution in [1.29, 1.82) is 0 Å². The average Bonchev–Trinajstić information content (AvgIpc) is 3.00. The zero-order chi connectivity index (χ0) is 12.4. The summed E-state index contributed by atoms with van der Waals surface area (Å²) in [6.45, 7) is 3.53. The van der Waals surface area contributed by atoms with Gasteiger partial charge in [-0.1, -0.05) is 43.2 Å². The van der Waals surface area contributed by atoms with Gasteiger partial charge in [-0.2, -0.15) is 0 Å². The summed E-state index contributed by atoms with van der Waals surface area (Å²) in [6.07, 6.45) is 6.39. The summed E-state index contributed by atoms with van der Waals surface area (Å²) in [6, 6.07) is 10.9. The fourth-order valence-corrected chi connectivity index (χ4v) is 3.66. The molecule has 2 fully saturated rings. The van der Waals surface area contributed by atoms with Gasteiger partial charge in [0.25, 0.3) is 0 Å². The average molecular weight is 244 g/mol. The molecule has 18 heavy (non-hydrogen) atoms. The number of likely N-dealkylation sites (tertiary alicyclic amines) is 1. The molecule has 2 heteroatoms. The molecule has 0 aromatic heterocycles. The van der Waals surface area contributed by atoms with Gasteiger partial charge in [0.1, 0.15) is 0 Å². The van der Waals surface area contributed by atoms with Gasteiger partial charge in [-0.15, -0.1) is 0 Å². The molecule has 2 nitrogen and oxygen atoms in total. The fourth-order valence-electron chi connectivity index (χ4n) is 3.66. The van der Waals surface area contributed by atoms with Crippen LogP contribution in [0, 0.1) is 0 Å². The Balaban J connectivity index is 1.59. The van der Waals surface area contributed by atoms with Crippen molar-refractivity contribution in [3.8, 4) is 0 Å². The van der Waals surface area contributed by atoms with E-state index in [0.29, 0.717) is 0 Å². The van der Waals surface area contributed by atoms with Crippen LogP contribution in [0.1, 0.15) is 43.6 Å². The van der Waals surface area contributed by atoms with E-state index < -0.39 is 0 Å². The fraction of sp³-hybridized carbons (Fsp3) is 0.625.